The molecule has 2 aromatic heterocycles. The van der Waals surface area contributed by atoms with Crippen LogP contribution in [-0.4, -0.2) is 44.3 Å². The van der Waals surface area contributed by atoms with Crippen molar-refractivity contribution in [2.24, 2.45) is 0 Å². The number of para-hydroxylation sites is 1. The molecule has 25 heavy (non-hydrogen) atoms. The predicted molar refractivity (Wildman–Crippen MR) is 96.1 cm³/mol. The van der Waals surface area contributed by atoms with E-state index in [-0.39, 0.29) is 0 Å². The fourth-order valence-corrected chi connectivity index (χ4v) is 3.50. The van der Waals surface area contributed by atoms with Gasteiger partial charge in [-0.25, -0.2) is 0 Å². The second kappa shape index (κ2) is 6.90. The van der Waals surface area contributed by atoms with E-state index in [4.69, 9.17) is 9.72 Å². The van der Waals surface area contributed by atoms with Crippen LogP contribution in [0.4, 0.5) is 0 Å². The molecule has 3 heterocycles. The molecule has 6 heteroatoms. The molecule has 130 valence electrons. The normalized spacial score (nSPS) is 18.2. The van der Waals surface area contributed by atoms with Gasteiger partial charge >= 0.3 is 0 Å². The highest BCUT2D eigenvalue weighted by molar-refractivity contribution is 5.78. The van der Waals surface area contributed by atoms with E-state index in [0.717, 1.165) is 48.9 Å². The molecule has 0 fully saturated rings. The summed E-state index contributed by atoms with van der Waals surface area (Å²) in [7, 11) is 1.69. The first-order valence-electron chi connectivity index (χ1n) is 8.73. The van der Waals surface area contributed by atoms with Gasteiger partial charge in [-0.05, 0) is 19.1 Å². The van der Waals surface area contributed by atoms with Crippen molar-refractivity contribution in [2.75, 3.05) is 13.7 Å². The SMILES string of the molecule is COCc1nnc2n1CCN(Cc1ccc3ccccc3n1)[C@@H](C)C2. The monoisotopic (exact) mass is 337 g/mol. The standard InChI is InChI=1S/C19H23N5O/c1-14-11-18-21-22-19(13-25-2)24(18)10-9-23(14)12-16-8-7-15-5-3-4-6-17(15)20-16/h3-8,14H,9-13H2,1-2H3/t14-/m0/s1. The number of hydrogen-bond donors (Lipinski definition) is 0. The van der Waals surface area contributed by atoms with Crippen LogP contribution in [0.5, 0.6) is 0 Å². The van der Waals surface area contributed by atoms with Gasteiger partial charge in [0, 0.05) is 44.6 Å². The number of aromatic nitrogens is 4. The van der Waals surface area contributed by atoms with Crippen molar-refractivity contribution in [3.8, 4) is 0 Å². The molecular formula is C19H23N5O. The van der Waals surface area contributed by atoms with Gasteiger partial charge in [0.25, 0.3) is 0 Å². The van der Waals surface area contributed by atoms with Crippen molar-refractivity contribution in [1.29, 1.82) is 0 Å². The second-order valence-corrected chi connectivity index (χ2v) is 6.64. The summed E-state index contributed by atoms with van der Waals surface area (Å²) in [5.41, 5.74) is 2.17. The Kier molecular flexibility index (Phi) is 4.46. The lowest BCUT2D eigenvalue weighted by atomic mass is 10.1. The number of hydrogen-bond acceptors (Lipinski definition) is 5. The van der Waals surface area contributed by atoms with E-state index in [1.807, 2.05) is 12.1 Å². The Morgan fingerprint density at radius 1 is 1.12 bits per heavy atom. The van der Waals surface area contributed by atoms with Gasteiger partial charge in [-0.15, -0.1) is 10.2 Å². The van der Waals surface area contributed by atoms with Crippen molar-refractivity contribution >= 4 is 10.9 Å². The van der Waals surface area contributed by atoms with E-state index in [1.165, 1.54) is 5.39 Å². The molecule has 0 bridgehead atoms. The fourth-order valence-electron chi connectivity index (χ4n) is 3.50. The van der Waals surface area contributed by atoms with Crippen LogP contribution in [0, 0.1) is 0 Å². The summed E-state index contributed by atoms with van der Waals surface area (Å²) in [5.74, 6) is 1.96. The molecule has 0 radical (unpaired) electrons. The van der Waals surface area contributed by atoms with Gasteiger partial charge in [0.2, 0.25) is 0 Å². The van der Waals surface area contributed by atoms with Crippen LogP contribution < -0.4 is 0 Å². The molecule has 6 nitrogen and oxygen atoms in total. The highest BCUT2D eigenvalue weighted by atomic mass is 16.5. The lowest BCUT2D eigenvalue weighted by Gasteiger charge is -2.26. The maximum Gasteiger partial charge on any atom is 0.159 e. The van der Waals surface area contributed by atoms with E-state index in [9.17, 15) is 0 Å². The smallest absolute Gasteiger partial charge is 0.159 e. The van der Waals surface area contributed by atoms with Crippen molar-refractivity contribution < 1.29 is 4.74 Å². The molecule has 0 aliphatic carbocycles. The minimum atomic E-state index is 0.397. The highest BCUT2D eigenvalue weighted by Gasteiger charge is 2.24. The van der Waals surface area contributed by atoms with E-state index >= 15 is 0 Å². The molecule has 4 rings (SSSR count). The highest BCUT2D eigenvalue weighted by Crippen LogP contribution is 2.18. The Morgan fingerprint density at radius 3 is 2.88 bits per heavy atom. The Hall–Kier alpha value is -2.31. The van der Waals surface area contributed by atoms with Crippen molar-refractivity contribution in [2.45, 2.75) is 39.1 Å². The number of ether oxygens (including phenoxy) is 1. The molecule has 3 aromatic rings. The van der Waals surface area contributed by atoms with E-state index in [2.05, 4.69) is 50.9 Å². The molecule has 0 N–H and O–H groups in total. The quantitative estimate of drug-likeness (QED) is 0.732. The van der Waals surface area contributed by atoms with Crippen LogP contribution in [0.25, 0.3) is 10.9 Å². The first-order chi connectivity index (χ1) is 12.2. The van der Waals surface area contributed by atoms with Crippen LogP contribution in [0.15, 0.2) is 36.4 Å². The minimum absolute atomic E-state index is 0.397. The number of benzene rings is 1. The third-order valence-electron chi connectivity index (χ3n) is 4.91. The van der Waals surface area contributed by atoms with Crippen molar-refractivity contribution in [3.05, 3.63) is 53.7 Å². The van der Waals surface area contributed by atoms with Gasteiger partial charge in [0.1, 0.15) is 12.4 Å². The maximum absolute atomic E-state index is 5.24. The summed E-state index contributed by atoms with van der Waals surface area (Å²) < 4.78 is 7.44. The number of rotatable bonds is 4. The molecule has 1 atom stereocenters. The minimum Gasteiger partial charge on any atom is -0.377 e. The summed E-state index contributed by atoms with van der Waals surface area (Å²) in [6.45, 7) is 5.45. The topological polar surface area (TPSA) is 56.1 Å². The first-order valence-corrected chi connectivity index (χ1v) is 8.73. The first kappa shape index (κ1) is 16.2. The van der Waals surface area contributed by atoms with Crippen LogP contribution in [0.3, 0.4) is 0 Å². The number of fused-ring (bicyclic) bond motifs is 2. The van der Waals surface area contributed by atoms with Gasteiger partial charge in [-0.2, -0.15) is 0 Å². The van der Waals surface area contributed by atoms with E-state index in [1.54, 1.807) is 7.11 Å². The fraction of sp³-hybridized carbons (Fsp3) is 0.421. The Bertz CT molecular complexity index is 875. The molecule has 0 saturated carbocycles. The zero-order valence-corrected chi connectivity index (χ0v) is 14.7. The molecular weight excluding hydrogens is 314 g/mol. The largest absolute Gasteiger partial charge is 0.377 e. The predicted octanol–water partition coefficient (Wildman–Crippen LogP) is 2.42. The van der Waals surface area contributed by atoms with Gasteiger partial charge in [-0.3, -0.25) is 9.88 Å². The Morgan fingerprint density at radius 2 is 2.00 bits per heavy atom. The van der Waals surface area contributed by atoms with E-state index < -0.39 is 0 Å². The summed E-state index contributed by atoms with van der Waals surface area (Å²) in [5, 5.41) is 9.81. The van der Waals surface area contributed by atoms with Gasteiger partial charge < -0.3 is 9.30 Å². The van der Waals surface area contributed by atoms with E-state index in [0.29, 0.717) is 12.6 Å². The molecule has 1 aliphatic heterocycles. The van der Waals surface area contributed by atoms with Crippen LogP contribution in [0.1, 0.15) is 24.3 Å². The Balaban J connectivity index is 1.53. The third kappa shape index (κ3) is 3.27. The molecule has 0 spiro atoms. The number of nitrogens with zero attached hydrogens (tertiary/aromatic N) is 5. The molecule has 0 unspecified atom stereocenters. The number of pyridine rings is 1. The molecule has 0 saturated heterocycles. The zero-order chi connectivity index (χ0) is 17.2. The summed E-state index contributed by atoms with van der Waals surface area (Å²) in [6.07, 6.45) is 0.893. The summed E-state index contributed by atoms with van der Waals surface area (Å²) in [6, 6.07) is 13.0. The number of methoxy groups -OCH3 is 1. The van der Waals surface area contributed by atoms with Crippen LogP contribution in [0.2, 0.25) is 0 Å². The van der Waals surface area contributed by atoms with Gasteiger partial charge in [0.05, 0.1) is 11.2 Å². The zero-order valence-electron chi connectivity index (χ0n) is 14.7. The molecule has 0 amide bonds. The lowest BCUT2D eigenvalue weighted by molar-refractivity contribution is 0.170. The second-order valence-electron chi connectivity index (χ2n) is 6.64. The maximum atomic E-state index is 5.24. The van der Waals surface area contributed by atoms with Crippen LogP contribution in [-0.2, 0) is 30.9 Å². The summed E-state index contributed by atoms with van der Waals surface area (Å²) >= 11 is 0. The van der Waals surface area contributed by atoms with Crippen molar-refractivity contribution in [3.63, 3.8) is 0 Å². The third-order valence-corrected chi connectivity index (χ3v) is 4.91. The summed E-state index contributed by atoms with van der Waals surface area (Å²) in [4.78, 5) is 7.30. The Labute approximate surface area is 147 Å². The molecule has 1 aromatic carbocycles. The van der Waals surface area contributed by atoms with Gasteiger partial charge in [-0.1, -0.05) is 24.3 Å². The average Bonchev–Trinajstić information content (AvgIpc) is 2.92. The van der Waals surface area contributed by atoms with Gasteiger partial charge in [0.15, 0.2) is 5.82 Å². The lowest BCUT2D eigenvalue weighted by Crippen LogP contribution is -2.34. The average molecular weight is 337 g/mol. The molecule has 1 aliphatic rings. The van der Waals surface area contributed by atoms with Crippen molar-refractivity contribution in [1.82, 2.24) is 24.6 Å². The van der Waals surface area contributed by atoms with Crippen LogP contribution >= 0.6 is 0 Å².